The summed E-state index contributed by atoms with van der Waals surface area (Å²) in [4.78, 5) is 5.23. The van der Waals surface area contributed by atoms with E-state index >= 15 is 0 Å². The zero-order chi connectivity index (χ0) is 22.4. The maximum Gasteiger partial charge on any atom is 0.250 e. The molecule has 1 aliphatic carbocycles. The Labute approximate surface area is 190 Å². The van der Waals surface area contributed by atoms with Crippen LogP contribution in [0.2, 0.25) is 18.1 Å². The Morgan fingerprint density at radius 3 is 2.23 bits per heavy atom. The Morgan fingerprint density at radius 2 is 1.65 bits per heavy atom. The highest BCUT2D eigenvalue weighted by atomic mass is 28.4. The van der Waals surface area contributed by atoms with Crippen LogP contribution in [0.1, 0.15) is 38.3 Å². The second-order valence-electron chi connectivity index (χ2n) is 11.4. The lowest BCUT2D eigenvalue weighted by molar-refractivity contribution is 0.133. The van der Waals surface area contributed by atoms with Crippen LogP contribution >= 0.6 is 0 Å². The molecule has 1 saturated heterocycles. The molecule has 1 saturated carbocycles. The molecule has 2 aromatic rings. The summed E-state index contributed by atoms with van der Waals surface area (Å²) in [7, 11) is 2.75. The summed E-state index contributed by atoms with van der Waals surface area (Å²) in [5.41, 5.74) is 3.17. The van der Waals surface area contributed by atoms with Crippen molar-refractivity contribution in [3.63, 3.8) is 0 Å². The number of hydrogen-bond donors (Lipinski definition) is 0. The molecule has 0 radical (unpaired) electrons. The summed E-state index contributed by atoms with van der Waals surface area (Å²) in [6, 6.07) is 20.5. The van der Waals surface area contributed by atoms with Crippen LogP contribution in [0.3, 0.4) is 0 Å². The number of fused-ring (bicyclic) bond motifs is 1. The normalized spacial score (nSPS) is 26.2. The van der Waals surface area contributed by atoms with Gasteiger partial charge in [-0.05, 0) is 74.2 Å². The first-order valence-corrected chi connectivity index (χ1v) is 14.7. The van der Waals surface area contributed by atoms with Gasteiger partial charge in [-0.25, -0.2) is 0 Å². The molecule has 168 valence electrons. The summed E-state index contributed by atoms with van der Waals surface area (Å²) < 4.78 is 6.50. The smallest absolute Gasteiger partial charge is 0.250 e. The molecule has 3 nitrogen and oxygen atoms in total. The van der Waals surface area contributed by atoms with Gasteiger partial charge in [0.25, 0.3) is 0 Å². The van der Waals surface area contributed by atoms with E-state index in [9.17, 15) is 0 Å². The van der Waals surface area contributed by atoms with Gasteiger partial charge in [-0.1, -0.05) is 63.2 Å². The summed E-state index contributed by atoms with van der Waals surface area (Å²) in [5.74, 6) is 1.83. The second-order valence-corrected chi connectivity index (χ2v) is 16.2. The minimum atomic E-state index is -1.80. The minimum absolute atomic E-state index is 0.215. The number of likely N-dealkylation sites (N-methyl/N-ethyl adjacent to an activating group) is 1. The van der Waals surface area contributed by atoms with Crippen molar-refractivity contribution in [3.05, 3.63) is 65.7 Å². The van der Waals surface area contributed by atoms with Crippen molar-refractivity contribution >= 4 is 8.32 Å². The van der Waals surface area contributed by atoms with Gasteiger partial charge in [0.2, 0.25) is 8.32 Å². The van der Waals surface area contributed by atoms with Gasteiger partial charge in [0.1, 0.15) is 5.75 Å². The fraction of sp³-hybridized carbons (Fsp3) is 0.556. The monoisotopic (exact) mass is 436 g/mol. The maximum atomic E-state index is 6.50. The van der Waals surface area contributed by atoms with E-state index in [1.54, 1.807) is 0 Å². The fourth-order valence-electron chi connectivity index (χ4n) is 5.20. The quantitative estimate of drug-likeness (QED) is 0.509. The van der Waals surface area contributed by atoms with E-state index in [0.29, 0.717) is 11.6 Å². The average molecular weight is 437 g/mol. The Bertz CT molecular complexity index is 888. The van der Waals surface area contributed by atoms with E-state index in [2.05, 4.69) is 112 Å². The van der Waals surface area contributed by atoms with E-state index in [0.717, 1.165) is 24.6 Å². The fourth-order valence-corrected chi connectivity index (χ4v) is 6.23. The highest BCUT2D eigenvalue weighted by molar-refractivity contribution is 6.74. The third kappa shape index (κ3) is 4.35. The Hall–Kier alpha value is -1.62. The molecule has 2 fully saturated rings. The molecule has 0 N–H and O–H groups in total. The lowest BCUT2D eigenvalue weighted by Crippen LogP contribution is -2.48. The van der Waals surface area contributed by atoms with Crippen LogP contribution in [-0.2, 0) is 13.0 Å². The Balaban J connectivity index is 1.50. The lowest BCUT2D eigenvalue weighted by Gasteiger charge is -2.37. The zero-order valence-electron chi connectivity index (χ0n) is 20.5. The largest absolute Gasteiger partial charge is 0.544 e. The van der Waals surface area contributed by atoms with Crippen LogP contribution in [0.5, 0.6) is 5.75 Å². The predicted molar refractivity (Wildman–Crippen MR) is 133 cm³/mol. The van der Waals surface area contributed by atoms with Gasteiger partial charge >= 0.3 is 0 Å². The average Bonchev–Trinajstić information content (AvgIpc) is 3.34. The van der Waals surface area contributed by atoms with Gasteiger partial charge in [0.05, 0.1) is 0 Å². The molecule has 4 heteroatoms. The van der Waals surface area contributed by atoms with Gasteiger partial charge in [-0.2, -0.15) is 0 Å². The number of piperidine rings is 1. The molecule has 0 aromatic heterocycles. The van der Waals surface area contributed by atoms with Crippen LogP contribution in [0.15, 0.2) is 54.6 Å². The predicted octanol–water partition coefficient (Wildman–Crippen LogP) is 5.82. The van der Waals surface area contributed by atoms with Crippen LogP contribution in [-0.4, -0.2) is 50.3 Å². The van der Waals surface area contributed by atoms with Crippen molar-refractivity contribution in [3.8, 4) is 5.75 Å². The first-order valence-electron chi connectivity index (χ1n) is 11.8. The summed E-state index contributed by atoms with van der Waals surface area (Å²) >= 11 is 0. The van der Waals surface area contributed by atoms with Crippen molar-refractivity contribution in [1.82, 2.24) is 9.80 Å². The highest BCUT2D eigenvalue weighted by Crippen LogP contribution is 2.57. The summed E-state index contributed by atoms with van der Waals surface area (Å²) in [6.07, 6.45) is 2.43. The molecule has 0 unspecified atom stereocenters. The van der Waals surface area contributed by atoms with Gasteiger partial charge < -0.3 is 9.33 Å². The van der Waals surface area contributed by atoms with E-state index in [-0.39, 0.29) is 5.04 Å². The summed E-state index contributed by atoms with van der Waals surface area (Å²) in [6.45, 7) is 13.8. The number of likely N-dealkylation sites (tertiary alicyclic amines) is 1. The lowest BCUT2D eigenvalue weighted by atomic mass is 9.96. The maximum absolute atomic E-state index is 6.50. The van der Waals surface area contributed by atoms with E-state index < -0.39 is 8.32 Å². The number of rotatable bonds is 7. The molecule has 3 atom stereocenters. The molecule has 0 amide bonds. The molecule has 4 rings (SSSR count). The van der Waals surface area contributed by atoms with Crippen molar-refractivity contribution < 1.29 is 4.43 Å². The van der Waals surface area contributed by atoms with Gasteiger partial charge in [-0.15, -0.1) is 0 Å². The Morgan fingerprint density at radius 1 is 1.00 bits per heavy atom. The number of benzene rings is 2. The van der Waals surface area contributed by atoms with Crippen LogP contribution in [0.4, 0.5) is 0 Å². The van der Waals surface area contributed by atoms with Gasteiger partial charge in [0, 0.05) is 24.7 Å². The highest BCUT2D eigenvalue weighted by Gasteiger charge is 2.66. The van der Waals surface area contributed by atoms with Crippen molar-refractivity contribution in [2.24, 2.45) is 5.92 Å². The van der Waals surface area contributed by atoms with Crippen molar-refractivity contribution in [2.45, 2.75) is 69.9 Å². The topological polar surface area (TPSA) is 15.7 Å². The molecule has 31 heavy (non-hydrogen) atoms. The van der Waals surface area contributed by atoms with Crippen LogP contribution < -0.4 is 4.43 Å². The number of nitrogens with zero attached hydrogens (tertiary/aromatic N) is 2. The van der Waals surface area contributed by atoms with E-state index in [1.165, 1.54) is 24.1 Å². The van der Waals surface area contributed by atoms with Crippen molar-refractivity contribution in [2.75, 3.05) is 20.6 Å². The summed E-state index contributed by atoms with van der Waals surface area (Å²) in [5, 5.41) is 0.215. The standard InChI is InChI=1S/C27H40N2OSi/c1-26(2,3)31(6,7)30-24-15-13-21(14-16-24)17-25-27(28(4)5)18-23(27)20-29(25)19-22-11-9-8-10-12-22/h8-16,23,25H,17-20H2,1-7H3/t23-,25-,27+/m0/s1. The SMILES string of the molecule is CN(C)[C@]12C[C@H]1CN(Cc1ccccc1)[C@H]2Cc1ccc(O[Si](C)(C)C(C)(C)C)cc1. The van der Waals surface area contributed by atoms with Crippen LogP contribution in [0.25, 0.3) is 0 Å². The first-order chi connectivity index (χ1) is 14.5. The minimum Gasteiger partial charge on any atom is -0.544 e. The Kier molecular flexibility index (Phi) is 5.87. The van der Waals surface area contributed by atoms with E-state index in [1.807, 2.05) is 0 Å². The van der Waals surface area contributed by atoms with E-state index in [4.69, 9.17) is 4.43 Å². The van der Waals surface area contributed by atoms with Gasteiger partial charge in [-0.3, -0.25) is 4.90 Å². The molecule has 1 heterocycles. The zero-order valence-corrected chi connectivity index (χ0v) is 21.5. The van der Waals surface area contributed by atoms with Crippen molar-refractivity contribution in [1.29, 1.82) is 0 Å². The van der Waals surface area contributed by atoms with Gasteiger partial charge in [0.15, 0.2) is 0 Å². The third-order valence-electron chi connectivity index (χ3n) is 8.19. The molecule has 0 bridgehead atoms. The first kappa shape index (κ1) is 22.6. The number of hydrogen-bond acceptors (Lipinski definition) is 3. The molecule has 0 spiro atoms. The third-order valence-corrected chi connectivity index (χ3v) is 12.5. The molecular formula is C27H40N2OSi. The molecule has 2 aromatic carbocycles. The van der Waals surface area contributed by atoms with Crippen LogP contribution in [0, 0.1) is 5.92 Å². The molecule has 2 aliphatic rings. The molecular weight excluding hydrogens is 396 g/mol. The second kappa shape index (κ2) is 8.06. The molecule has 1 aliphatic heterocycles.